The molecule has 0 bridgehead atoms. The molecule has 2 N–H and O–H groups in total. The lowest BCUT2D eigenvalue weighted by Gasteiger charge is -2.25. The van der Waals surface area contributed by atoms with Crippen LogP contribution < -0.4 is 10.6 Å². The number of pyridine rings is 1. The number of carbonyl (C=O) groups is 1. The molecule has 1 saturated carbocycles. The third-order valence-corrected chi connectivity index (χ3v) is 4.52. The highest BCUT2D eigenvalue weighted by Crippen LogP contribution is 2.17. The first kappa shape index (κ1) is 19.2. The number of carbonyl (C=O) groups excluding carboxylic acids is 1. The van der Waals surface area contributed by atoms with Gasteiger partial charge in [-0.05, 0) is 31.9 Å². The Morgan fingerprint density at radius 1 is 1.32 bits per heavy atom. The fourth-order valence-electron chi connectivity index (χ4n) is 2.98. The van der Waals surface area contributed by atoms with E-state index in [0.717, 1.165) is 24.6 Å². The summed E-state index contributed by atoms with van der Waals surface area (Å²) in [7, 11) is 1.82. The number of nitrogens with one attached hydrogen (secondary N) is 2. The van der Waals surface area contributed by atoms with Gasteiger partial charge >= 0.3 is 0 Å². The molecule has 1 aromatic heterocycles. The molecule has 1 aromatic rings. The summed E-state index contributed by atoms with van der Waals surface area (Å²) in [6.45, 7) is 3.65. The molecular weight excluding hydrogens is 314 g/mol. The lowest BCUT2D eigenvalue weighted by Crippen LogP contribution is -2.44. The van der Waals surface area contributed by atoms with Crippen molar-refractivity contribution in [1.29, 1.82) is 0 Å². The van der Waals surface area contributed by atoms with Crippen LogP contribution in [0.3, 0.4) is 0 Å². The number of hydrogen-bond donors (Lipinski definition) is 2. The fourth-order valence-corrected chi connectivity index (χ4v) is 2.98. The van der Waals surface area contributed by atoms with Gasteiger partial charge in [0.2, 0.25) is 5.91 Å². The maximum atomic E-state index is 12.3. The molecule has 0 saturated heterocycles. The van der Waals surface area contributed by atoms with Crippen molar-refractivity contribution in [2.45, 2.75) is 51.5 Å². The smallest absolute Gasteiger partial charge is 0.244 e. The lowest BCUT2D eigenvalue weighted by atomic mass is 9.96. The largest absolute Gasteiger partial charge is 0.357 e. The summed E-state index contributed by atoms with van der Waals surface area (Å²) < 4.78 is 0. The number of rotatable bonds is 7. The molecule has 1 heterocycles. The maximum Gasteiger partial charge on any atom is 0.244 e. The van der Waals surface area contributed by atoms with E-state index >= 15 is 0 Å². The molecule has 1 aliphatic rings. The average Bonchev–Trinajstić information content (AvgIpc) is 2.65. The van der Waals surface area contributed by atoms with Crippen LogP contribution in [0, 0.1) is 0 Å². The molecule has 1 fully saturated rings. The summed E-state index contributed by atoms with van der Waals surface area (Å²) >= 11 is 0. The highest BCUT2D eigenvalue weighted by Gasteiger charge is 2.15. The Balaban J connectivity index is 1.79. The zero-order chi connectivity index (χ0) is 17.9. The minimum Gasteiger partial charge on any atom is -0.357 e. The Kier molecular flexibility index (Phi) is 8.22. The second-order valence-electron chi connectivity index (χ2n) is 6.56. The Morgan fingerprint density at radius 2 is 2.12 bits per heavy atom. The van der Waals surface area contributed by atoms with Crippen LogP contribution in [-0.2, 0) is 11.2 Å². The van der Waals surface area contributed by atoms with Crippen LogP contribution in [0.15, 0.2) is 29.4 Å². The van der Waals surface area contributed by atoms with E-state index in [9.17, 15) is 4.79 Å². The second-order valence-corrected chi connectivity index (χ2v) is 6.56. The first-order valence-corrected chi connectivity index (χ1v) is 9.37. The number of hydrogen-bond acceptors (Lipinski definition) is 3. The Hall–Kier alpha value is -2.11. The van der Waals surface area contributed by atoms with Crippen LogP contribution in [0.25, 0.3) is 0 Å². The van der Waals surface area contributed by atoms with E-state index in [1.807, 2.05) is 32.2 Å². The van der Waals surface area contributed by atoms with Crippen LogP contribution in [0.1, 0.15) is 44.7 Å². The number of likely N-dealkylation sites (N-methyl/N-ethyl adjacent to an activating group) is 1. The predicted octanol–water partition coefficient (Wildman–Crippen LogP) is 1.97. The number of amides is 1. The van der Waals surface area contributed by atoms with Crippen LogP contribution in [0.2, 0.25) is 0 Å². The summed E-state index contributed by atoms with van der Waals surface area (Å²) in [5.74, 6) is 0.776. The van der Waals surface area contributed by atoms with Crippen molar-refractivity contribution in [2.75, 3.05) is 26.7 Å². The third-order valence-electron chi connectivity index (χ3n) is 4.52. The van der Waals surface area contributed by atoms with Gasteiger partial charge in [-0.15, -0.1) is 0 Å². The second kappa shape index (κ2) is 10.7. The molecule has 2 rings (SSSR count). The Morgan fingerprint density at radius 3 is 2.80 bits per heavy atom. The van der Waals surface area contributed by atoms with Gasteiger partial charge < -0.3 is 15.5 Å². The molecule has 0 radical (unpaired) electrons. The standard InChI is InChI=1S/C19H31N5O/c1-3-20-19(23-17-10-5-4-6-11-17)22-15-18(25)24(2)14-12-16-9-7-8-13-21-16/h7-9,13,17H,3-6,10-12,14-15H2,1-2H3,(H2,20,22,23). The summed E-state index contributed by atoms with van der Waals surface area (Å²) in [6.07, 6.45) is 8.77. The Labute approximate surface area is 151 Å². The summed E-state index contributed by atoms with van der Waals surface area (Å²) in [5, 5.41) is 6.71. The van der Waals surface area contributed by atoms with Gasteiger partial charge in [0.1, 0.15) is 6.54 Å². The van der Waals surface area contributed by atoms with Crippen molar-refractivity contribution in [3.8, 4) is 0 Å². The SMILES string of the molecule is CCNC(=NCC(=O)N(C)CCc1ccccn1)NC1CCCCC1. The summed E-state index contributed by atoms with van der Waals surface area (Å²) in [4.78, 5) is 22.8. The molecule has 0 unspecified atom stereocenters. The van der Waals surface area contributed by atoms with Crippen molar-refractivity contribution < 1.29 is 4.79 Å². The van der Waals surface area contributed by atoms with Crippen LogP contribution >= 0.6 is 0 Å². The van der Waals surface area contributed by atoms with Gasteiger partial charge in [-0.3, -0.25) is 9.78 Å². The zero-order valence-corrected chi connectivity index (χ0v) is 15.5. The average molecular weight is 345 g/mol. The third kappa shape index (κ3) is 7.11. The van der Waals surface area contributed by atoms with Gasteiger partial charge in [-0.25, -0.2) is 4.99 Å². The molecule has 25 heavy (non-hydrogen) atoms. The van der Waals surface area contributed by atoms with Gasteiger partial charge in [0.05, 0.1) is 0 Å². The minimum atomic E-state index is 0.0248. The number of aromatic nitrogens is 1. The highest BCUT2D eigenvalue weighted by atomic mass is 16.2. The summed E-state index contributed by atoms with van der Waals surface area (Å²) in [6, 6.07) is 6.32. The molecule has 0 spiro atoms. The normalized spacial score (nSPS) is 15.7. The molecule has 0 aromatic carbocycles. The van der Waals surface area contributed by atoms with Crippen LogP contribution in [-0.4, -0.2) is 54.5 Å². The fraction of sp³-hybridized carbons (Fsp3) is 0.632. The van der Waals surface area contributed by atoms with Crippen molar-refractivity contribution in [3.05, 3.63) is 30.1 Å². The van der Waals surface area contributed by atoms with Crippen LogP contribution in [0.4, 0.5) is 0 Å². The molecule has 1 amide bonds. The molecule has 0 aliphatic heterocycles. The van der Waals surface area contributed by atoms with E-state index in [1.165, 1.54) is 32.1 Å². The van der Waals surface area contributed by atoms with E-state index in [0.29, 0.717) is 12.6 Å². The van der Waals surface area contributed by atoms with Gasteiger partial charge in [-0.1, -0.05) is 25.3 Å². The molecule has 1 aliphatic carbocycles. The highest BCUT2D eigenvalue weighted by molar-refractivity contribution is 5.85. The zero-order valence-electron chi connectivity index (χ0n) is 15.5. The van der Waals surface area contributed by atoms with Gasteiger partial charge in [0, 0.05) is 44.5 Å². The molecule has 6 heteroatoms. The molecular formula is C19H31N5O. The predicted molar refractivity (Wildman–Crippen MR) is 102 cm³/mol. The summed E-state index contributed by atoms with van der Waals surface area (Å²) in [5.41, 5.74) is 0.998. The first-order chi connectivity index (χ1) is 12.2. The van der Waals surface area contributed by atoms with Crippen LogP contribution in [0.5, 0.6) is 0 Å². The number of nitrogens with zero attached hydrogens (tertiary/aromatic N) is 3. The Bertz CT molecular complexity index is 540. The van der Waals surface area contributed by atoms with E-state index in [4.69, 9.17) is 0 Å². The van der Waals surface area contributed by atoms with E-state index in [-0.39, 0.29) is 12.5 Å². The van der Waals surface area contributed by atoms with Crippen molar-refractivity contribution in [2.24, 2.45) is 4.99 Å². The van der Waals surface area contributed by atoms with Gasteiger partial charge in [0.15, 0.2) is 5.96 Å². The van der Waals surface area contributed by atoms with Crippen molar-refractivity contribution in [1.82, 2.24) is 20.5 Å². The van der Waals surface area contributed by atoms with Gasteiger partial charge in [-0.2, -0.15) is 0 Å². The van der Waals surface area contributed by atoms with Gasteiger partial charge in [0.25, 0.3) is 0 Å². The quantitative estimate of drug-likeness (QED) is 0.585. The van der Waals surface area contributed by atoms with Crippen molar-refractivity contribution in [3.63, 3.8) is 0 Å². The maximum absolute atomic E-state index is 12.3. The lowest BCUT2D eigenvalue weighted by molar-refractivity contribution is -0.128. The number of aliphatic imine (C=N–C) groups is 1. The molecule has 0 atom stereocenters. The topological polar surface area (TPSA) is 69.6 Å². The molecule has 138 valence electrons. The van der Waals surface area contributed by atoms with E-state index < -0.39 is 0 Å². The monoisotopic (exact) mass is 345 g/mol. The number of guanidine groups is 1. The first-order valence-electron chi connectivity index (χ1n) is 9.37. The van der Waals surface area contributed by atoms with E-state index in [1.54, 1.807) is 11.1 Å². The molecule has 6 nitrogen and oxygen atoms in total. The van der Waals surface area contributed by atoms with E-state index in [2.05, 4.69) is 20.6 Å². The van der Waals surface area contributed by atoms with Crippen molar-refractivity contribution >= 4 is 11.9 Å². The minimum absolute atomic E-state index is 0.0248.